The highest BCUT2D eigenvalue weighted by Gasteiger charge is 2.38. The minimum Gasteiger partial charge on any atom is -0.460 e. The van der Waals surface area contributed by atoms with Crippen molar-refractivity contribution in [2.75, 3.05) is 24.7 Å². The lowest BCUT2D eigenvalue weighted by molar-refractivity contribution is 0.00465. The number of fused-ring (bicyclic) bond motifs is 1. The molecule has 2 unspecified atom stereocenters. The summed E-state index contributed by atoms with van der Waals surface area (Å²) in [5.41, 5.74) is 3.40. The minimum absolute atomic E-state index is 0.00366. The van der Waals surface area contributed by atoms with Crippen molar-refractivity contribution in [3.8, 4) is 11.3 Å². The van der Waals surface area contributed by atoms with Crippen molar-refractivity contribution < 1.29 is 28.2 Å². The molecule has 188 valence electrons. The predicted octanol–water partition coefficient (Wildman–Crippen LogP) is 4.63. The van der Waals surface area contributed by atoms with E-state index in [1.54, 1.807) is 24.7 Å². The fourth-order valence-electron chi connectivity index (χ4n) is 4.49. The normalized spacial score (nSPS) is 18.0. The molecule has 10 nitrogen and oxygen atoms in total. The summed E-state index contributed by atoms with van der Waals surface area (Å²) in [5.74, 6) is -0.723. The van der Waals surface area contributed by atoms with E-state index in [-0.39, 0.29) is 36.8 Å². The molecular formula is C25H32N4O6. The van der Waals surface area contributed by atoms with E-state index < -0.39 is 12.1 Å². The number of esters is 1. The van der Waals surface area contributed by atoms with Gasteiger partial charge in [0.2, 0.25) is 5.76 Å². The van der Waals surface area contributed by atoms with E-state index in [0.29, 0.717) is 36.2 Å². The van der Waals surface area contributed by atoms with E-state index in [0.717, 1.165) is 17.5 Å². The van der Waals surface area contributed by atoms with Crippen LogP contribution in [-0.4, -0.2) is 58.8 Å². The predicted molar refractivity (Wildman–Crippen MR) is 129 cm³/mol. The molecule has 1 aliphatic heterocycles. The van der Waals surface area contributed by atoms with Crippen molar-refractivity contribution in [2.45, 2.75) is 59.1 Å². The molecule has 0 saturated carbocycles. The number of anilines is 1. The molecule has 1 aliphatic rings. The largest absolute Gasteiger partial charge is 0.460 e. The van der Waals surface area contributed by atoms with Gasteiger partial charge < -0.3 is 18.6 Å². The van der Waals surface area contributed by atoms with Crippen LogP contribution in [0.4, 0.5) is 10.5 Å². The summed E-state index contributed by atoms with van der Waals surface area (Å²) in [4.78, 5) is 32.8. The number of rotatable bonds is 7. The fourth-order valence-corrected chi connectivity index (χ4v) is 4.49. The second kappa shape index (κ2) is 10.5. The van der Waals surface area contributed by atoms with Crippen LogP contribution in [0.15, 0.2) is 22.9 Å². The van der Waals surface area contributed by atoms with Gasteiger partial charge in [0.1, 0.15) is 11.2 Å². The lowest BCUT2D eigenvalue weighted by atomic mass is 9.99. The zero-order valence-corrected chi connectivity index (χ0v) is 20.9. The van der Waals surface area contributed by atoms with Crippen LogP contribution >= 0.6 is 0 Å². The van der Waals surface area contributed by atoms with Crippen molar-refractivity contribution in [1.29, 1.82) is 0 Å². The molecule has 0 radical (unpaired) electrons. The van der Waals surface area contributed by atoms with Gasteiger partial charge in [0.05, 0.1) is 31.2 Å². The van der Waals surface area contributed by atoms with Crippen LogP contribution in [0.1, 0.15) is 56.2 Å². The molecule has 0 N–H and O–H groups in total. The Kier molecular flexibility index (Phi) is 7.39. The summed E-state index contributed by atoms with van der Waals surface area (Å²) in [6, 6.07) is 1.56. The summed E-state index contributed by atoms with van der Waals surface area (Å²) in [7, 11) is 1.83. The maximum atomic E-state index is 13.4. The van der Waals surface area contributed by atoms with Gasteiger partial charge in [-0.1, -0.05) is 6.92 Å². The molecule has 0 aromatic carbocycles. The standard InChI is InChI=1S/C25H32N4O6/c1-6-18-12-17(9-10-34-18)29(25(31)33-8-3)22-21-19(35-23(22)24(30)32-7-2)11-15(4)20(27-21)16-13-26-28(5)14-16/h11,13-14,17-18H,6-10,12H2,1-5H3. The van der Waals surface area contributed by atoms with Gasteiger partial charge in [-0.25, -0.2) is 14.6 Å². The number of furan rings is 1. The molecule has 4 heterocycles. The number of pyridine rings is 1. The zero-order chi connectivity index (χ0) is 25.1. The number of carbonyl (C=O) groups is 2. The SMILES string of the molecule is CCOC(=O)c1oc2cc(C)c(-c3cnn(C)c3)nc2c1N(C(=O)OCC)C1CCOC(CC)C1. The van der Waals surface area contributed by atoms with Crippen LogP contribution in [0.25, 0.3) is 22.4 Å². The maximum absolute atomic E-state index is 13.4. The first-order valence-electron chi connectivity index (χ1n) is 12.1. The molecular weight excluding hydrogens is 452 g/mol. The number of hydrogen-bond donors (Lipinski definition) is 0. The van der Waals surface area contributed by atoms with E-state index in [2.05, 4.69) is 5.10 Å². The summed E-state index contributed by atoms with van der Waals surface area (Å²) in [5, 5.41) is 4.25. The van der Waals surface area contributed by atoms with Gasteiger partial charge in [0.15, 0.2) is 5.58 Å². The number of ether oxygens (including phenoxy) is 3. The van der Waals surface area contributed by atoms with Gasteiger partial charge in [0.25, 0.3) is 0 Å². The summed E-state index contributed by atoms with van der Waals surface area (Å²) < 4.78 is 24.3. The molecule has 1 amide bonds. The topological polar surface area (TPSA) is 109 Å². The van der Waals surface area contributed by atoms with Gasteiger partial charge in [0, 0.05) is 31.5 Å². The first kappa shape index (κ1) is 24.7. The fraction of sp³-hybridized carbons (Fsp3) is 0.520. The van der Waals surface area contributed by atoms with Gasteiger partial charge in [-0.05, 0) is 51.7 Å². The molecule has 1 saturated heterocycles. The third-order valence-corrected chi connectivity index (χ3v) is 6.13. The van der Waals surface area contributed by atoms with E-state index in [9.17, 15) is 9.59 Å². The molecule has 35 heavy (non-hydrogen) atoms. The van der Waals surface area contributed by atoms with Gasteiger partial charge in [-0.15, -0.1) is 0 Å². The summed E-state index contributed by atoms with van der Waals surface area (Å²) in [6.07, 6.45) is 5.02. The number of nitrogens with zero attached hydrogens (tertiary/aromatic N) is 4. The van der Waals surface area contributed by atoms with Crippen LogP contribution < -0.4 is 4.90 Å². The third-order valence-electron chi connectivity index (χ3n) is 6.13. The lowest BCUT2D eigenvalue weighted by Crippen LogP contribution is -2.46. The molecule has 4 rings (SSSR count). The van der Waals surface area contributed by atoms with E-state index in [1.165, 1.54) is 4.90 Å². The Labute approximate surface area is 204 Å². The second-order valence-electron chi connectivity index (χ2n) is 8.55. The Morgan fingerprint density at radius 3 is 2.66 bits per heavy atom. The average molecular weight is 485 g/mol. The van der Waals surface area contributed by atoms with E-state index >= 15 is 0 Å². The lowest BCUT2D eigenvalue weighted by Gasteiger charge is -2.36. The van der Waals surface area contributed by atoms with Gasteiger partial charge in [-0.3, -0.25) is 9.58 Å². The van der Waals surface area contributed by atoms with Crippen molar-refractivity contribution in [3.63, 3.8) is 0 Å². The Bertz CT molecular complexity index is 1220. The molecule has 2 atom stereocenters. The quantitative estimate of drug-likeness (QED) is 0.447. The van der Waals surface area contributed by atoms with Crippen molar-refractivity contribution in [2.24, 2.45) is 7.05 Å². The molecule has 3 aromatic rings. The third kappa shape index (κ3) is 4.88. The number of carbonyl (C=O) groups excluding carboxylic acids is 2. The molecule has 0 aliphatic carbocycles. The first-order valence-corrected chi connectivity index (χ1v) is 12.1. The zero-order valence-electron chi connectivity index (χ0n) is 20.9. The summed E-state index contributed by atoms with van der Waals surface area (Å²) in [6.45, 7) is 8.27. The first-order chi connectivity index (χ1) is 16.9. The second-order valence-corrected chi connectivity index (χ2v) is 8.55. The van der Waals surface area contributed by atoms with Crippen LogP contribution in [0, 0.1) is 6.92 Å². The number of amides is 1. The molecule has 3 aromatic heterocycles. The Hall–Kier alpha value is -3.40. The number of hydrogen-bond acceptors (Lipinski definition) is 8. The number of aromatic nitrogens is 3. The Morgan fingerprint density at radius 1 is 1.23 bits per heavy atom. The van der Waals surface area contributed by atoms with E-state index in [4.69, 9.17) is 23.6 Å². The number of aryl methyl sites for hydroxylation is 2. The monoisotopic (exact) mass is 484 g/mol. The maximum Gasteiger partial charge on any atom is 0.414 e. The van der Waals surface area contributed by atoms with Crippen molar-refractivity contribution in [3.05, 3.63) is 29.8 Å². The average Bonchev–Trinajstić information content (AvgIpc) is 3.43. The Morgan fingerprint density at radius 2 is 2.00 bits per heavy atom. The van der Waals surface area contributed by atoms with Crippen molar-refractivity contribution >= 4 is 28.8 Å². The minimum atomic E-state index is -0.658. The van der Waals surface area contributed by atoms with Crippen LogP contribution in [0.5, 0.6) is 0 Å². The van der Waals surface area contributed by atoms with Crippen LogP contribution in [-0.2, 0) is 21.3 Å². The molecule has 1 fully saturated rings. The Balaban J connectivity index is 1.94. The highest BCUT2D eigenvalue weighted by atomic mass is 16.6. The highest BCUT2D eigenvalue weighted by molar-refractivity contribution is 6.08. The van der Waals surface area contributed by atoms with Gasteiger partial charge >= 0.3 is 12.1 Å². The summed E-state index contributed by atoms with van der Waals surface area (Å²) >= 11 is 0. The molecule has 10 heteroatoms. The molecule has 0 bridgehead atoms. The van der Waals surface area contributed by atoms with Crippen LogP contribution in [0.2, 0.25) is 0 Å². The highest BCUT2D eigenvalue weighted by Crippen LogP contribution is 2.39. The van der Waals surface area contributed by atoms with Gasteiger partial charge in [-0.2, -0.15) is 5.10 Å². The van der Waals surface area contributed by atoms with Crippen molar-refractivity contribution in [1.82, 2.24) is 14.8 Å². The smallest absolute Gasteiger partial charge is 0.414 e. The molecule has 0 spiro atoms. The van der Waals surface area contributed by atoms with Crippen LogP contribution in [0.3, 0.4) is 0 Å². The van der Waals surface area contributed by atoms with E-state index in [1.807, 2.05) is 33.2 Å².